The first kappa shape index (κ1) is 15.1. The van der Waals surface area contributed by atoms with Gasteiger partial charge in [0.25, 0.3) is 0 Å². The molecule has 1 fully saturated rings. The highest BCUT2D eigenvalue weighted by Gasteiger charge is 2.37. The van der Waals surface area contributed by atoms with Crippen molar-refractivity contribution in [3.05, 3.63) is 24.3 Å². The van der Waals surface area contributed by atoms with Gasteiger partial charge < -0.3 is 10.1 Å². The fourth-order valence-corrected chi connectivity index (χ4v) is 3.98. The molecule has 0 saturated carbocycles. The number of rotatable bonds is 6. The second-order valence-corrected chi connectivity index (χ2v) is 6.46. The maximum absolute atomic E-state index is 12.5. The van der Waals surface area contributed by atoms with Crippen LogP contribution in [0.25, 0.3) is 0 Å². The number of methoxy groups -OCH3 is 1. The van der Waals surface area contributed by atoms with Gasteiger partial charge in [0.1, 0.15) is 5.75 Å². The number of nitrogens with one attached hydrogen (secondary N) is 1. The molecule has 0 aromatic heterocycles. The van der Waals surface area contributed by atoms with E-state index >= 15 is 0 Å². The molecule has 1 N–H and O–H groups in total. The van der Waals surface area contributed by atoms with Gasteiger partial charge >= 0.3 is 10.2 Å². The summed E-state index contributed by atoms with van der Waals surface area (Å²) in [6.45, 7) is 2.32. The summed E-state index contributed by atoms with van der Waals surface area (Å²) in [7, 11) is -0.0265. The maximum atomic E-state index is 12.5. The fourth-order valence-electron chi connectivity index (χ4n) is 2.31. The molecule has 1 saturated heterocycles. The summed E-state index contributed by atoms with van der Waals surface area (Å²) in [4.78, 5) is 0. The maximum Gasteiger partial charge on any atom is 0.304 e. The highest BCUT2D eigenvalue weighted by Crippen LogP contribution is 2.33. The fraction of sp³-hybridized carbons (Fsp3) is 0.538. The van der Waals surface area contributed by atoms with Crippen molar-refractivity contribution >= 4 is 15.9 Å². The monoisotopic (exact) mass is 299 g/mol. The molecule has 0 amide bonds. The minimum atomic E-state index is -3.44. The molecule has 2 rings (SSSR count). The molecule has 0 atom stereocenters. The van der Waals surface area contributed by atoms with Gasteiger partial charge in [-0.1, -0.05) is 12.1 Å². The van der Waals surface area contributed by atoms with Crippen LogP contribution in [0.2, 0.25) is 0 Å². The molecule has 6 nitrogen and oxygen atoms in total. The molecule has 1 aromatic rings. The van der Waals surface area contributed by atoms with E-state index in [1.54, 1.807) is 19.2 Å². The Labute approximate surface area is 120 Å². The summed E-state index contributed by atoms with van der Waals surface area (Å²) in [5, 5.41) is 3.03. The van der Waals surface area contributed by atoms with Gasteiger partial charge in [0.05, 0.1) is 12.8 Å². The van der Waals surface area contributed by atoms with Crippen LogP contribution in [0.3, 0.4) is 0 Å². The Kier molecular flexibility index (Phi) is 4.85. The van der Waals surface area contributed by atoms with Crippen LogP contribution in [0.5, 0.6) is 5.75 Å². The quantitative estimate of drug-likeness (QED) is 0.784. The third-order valence-corrected chi connectivity index (χ3v) is 5.30. The molecule has 0 radical (unpaired) electrons. The molecular weight excluding hydrogens is 278 g/mol. The Hall–Kier alpha value is -1.31. The molecule has 0 bridgehead atoms. The number of para-hydroxylation sites is 2. The molecule has 20 heavy (non-hydrogen) atoms. The minimum Gasteiger partial charge on any atom is -0.495 e. The van der Waals surface area contributed by atoms with Crippen molar-refractivity contribution in [3.63, 3.8) is 0 Å². The van der Waals surface area contributed by atoms with E-state index in [1.807, 2.05) is 19.2 Å². The number of nitrogens with zero attached hydrogens (tertiary/aromatic N) is 2. The summed E-state index contributed by atoms with van der Waals surface area (Å²) >= 11 is 0. The molecule has 0 unspecified atom stereocenters. The molecule has 7 heteroatoms. The highest BCUT2D eigenvalue weighted by molar-refractivity contribution is 7.90. The predicted molar refractivity (Wildman–Crippen MR) is 79.4 cm³/mol. The third kappa shape index (κ3) is 2.89. The van der Waals surface area contributed by atoms with Crippen LogP contribution < -0.4 is 14.4 Å². The Balaban J connectivity index is 2.18. The number of benzene rings is 1. The Morgan fingerprint density at radius 1 is 1.30 bits per heavy atom. The average molecular weight is 299 g/mol. The van der Waals surface area contributed by atoms with Gasteiger partial charge in [0, 0.05) is 19.6 Å². The van der Waals surface area contributed by atoms with E-state index in [1.165, 1.54) is 8.61 Å². The molecule has 0 spiro atoms. The van der Waals surface area contributed by atoms with E-state index in [4.69, 9.17) is 4.74 Å². The van der Waals surface area contributed by atoms with Crippen LogP contribution in [0.15, 0.2) is 24.3 Å². The van der Waals surface area contributed by atoms with E-state index in [0.717, 1.165) is 13.0 Å². The largest absolute Gasteiger partial charge is 0.495 e. The van der Waals surface area contributed by atoms with E-state index in [-0.39, 0.29) is 0 Å². The number of anilines is 1. The van der Waals surface area contributed by atoms with E-state index in [9.17, 15) is 8.42 Å². The average Bonchev–Trinajstić information content (AvgIpc) is 2.74. The van der Waals surface area contributed by atoms with Gasteiger partial charge in [-0.25, -0.2) is 0 Å². The smallest absolute Gasteiger partial charge is 0.304 e. The zero-order valence-electron chi connectivity index (χ0n) is 11.9. The van der Waals surface area contributed by atoms with Crippen LogP contribution in [0, 0.1) is 0 Å². The summed E-state index contributed by atoms with van der Waals surface area (Å²) in [5.74, 6) is 0.577. The lowest BCUT2D eigenvalue weighted by Gasteiger charge is -2.21. The van der Waals surface area contributed by atoms with Crippen LogP contribution >= 0.6 is 0 Å². The first-order valence-electron chi connectivity index (χ1n) is 6.66. The van der Waals surface area contributed by atoms with Gasteiger partial charge in [-0.3, -0.25) is 4.31 Å². The van der Waals surface area contributed by atoms with Gasteiger partial charge in [-0.2, -0.15) is 12.7 Å². The van der Waals surface area contributed by atoms with E-state index in [2.05, 4.69) is 5.32 Å². The van der Waals surface area contributed by atoms with Crippen LogP contribution in [0.1, 0.15) is 6.42 Å². The van der Waals surface area contributed by atoms with Crippen molar-refractivity contribution in [2.24, 2.45) is 0 Å². The van der Waals surface area contributed by atoms with Crippen molar-refractivity contribution in [2.45, 2.75) is 6.42 Å². The van der Waals surface area contributed by atoms with Crippen molar-refractivity contribution in [1.29, 1.82) is 0 Å². The normalized spacial score (nSPS) is 18.4. The first-order valence-corrected chi connectivity index (χ1v) is 8.06. The van der Waals surface area contributed by atoms with Gasteiger partial charge in [0.15, 0.2) is 0 Å². The highest BCUT2D eigenvalue weighted by atomic mass is 32.2. The lowest BCUT2D eigenvalue weighted by atomic mass is 10.3. The standard InChI is InChI=1S/C13H21N3O3S/c1-14-8-5-9-15-10-11-16(20(15,17)18)12-6-3-4-7-13(12)19-2/h3-4,6-7,14H,5,8-11H2,1-2H3. The zero-order valence-corrected chi connectivity index (χ0v) is 12.7. The van der Waals surface area contributed by atoms with Crippen LogP contribution in [-0.4, -0.2) is 53.1 Å². The summed E-state index contributed by atoms with van der Waals surface area (Å²) in [5.41, 5.74) is 0.603. The van der Waals surface area contributed by atoms with Crippen molar-refractivity contribution in [1.82, 2.24) is 9.62 Å². The number of hydrogen-bond donors (Lipinski definition) is 1. The van der Waals surface area contributed by atoms with Crippen molar-refractivity contribution in [3.8, 4) is 5.75 Å². The van der Waals surface area contributed by atoms with Crippen LogP contribution in [0.4, 0.5) is 5.69 Å². The molecule has 1 heterocycles. The summed E-state index contributed by atoms with van der Waals surface area (Å²) in [6.07, 6.45) is 0.801. The molecular formula is C13H21N3O3S. The molecule has 112 valence electrons. The molecule has 1 aromatic carbocycles. The van der Waals surface area contributed by atoms with Crippen LogP contribution in [-0.2, 0) is 10.2 Å². The van der Waals surface area contributed by atoms with E-state index in [0.29, 0.717) is 31.1 Å². The van der Waals surface area contributed by atoms with Crippen molar-refractivity contribution < 1.29 is 13.2 Å². The SMILES string of the molecule is CNCCCN1CCN(c2ccccc2OC)S1(=O)=O. The Morgan fingerprint density at radius 3 is 2.75 bits per heavy atom. The van der Waals surface area contributed by atoms with Crippen molar-refractivity contribution in [2.75, 3.05) is 44.6 Å². The summed E-state index contributed by atoms with van der Waals surface area (Å²) < 4.78 is 33.3. The first-order chi connectivity index (χ1) is 9.61. The number of hydrogen-bond acceptors (Lipinski definition) is 4. The van der Waals surface area contributed by atoms with E-state index < -0.39 is 10.2 Å². The lowest BCUT2D eigenvalue weighted by molar-refractivity contribution is 0.415. The van der Waals surface area contributed by atoms with Gasteiger partial charge in [-0.15, -0.1) is 0 Å². The number of ether oxygens (including phenoxy) is 1. The van der Waals surface area contributed by atoms with Gasteiger partial charge in [-0.05, 0) is 32.1 Å². The molecule has 1 aliphatic heterocycles. The predicted octanol–water partition coefficient (Wildman–Crippen LogP) is 0.671. The minimum absolute atomic E-state index is 0.461. The second-order valence-electron chi connectivity index (χ2n) is 4.61. The topological polar surface area (TPSA) is 61.9 Å². The zero-order chi connectivity index (χ0) is 14.6. The molecule has 0 aliphatic carbocycles. The molecule has 1 aliphatic rings. The second kappa shape index (κ2) is 6.43. The Bertz CT molecular complexity index is 548. The Morgan fingerprint density at radius 2 is 2.05 bits per heavy atom. The lowest BCUT2D eigenvalue weighted by Crippen LogP contribution is -2.34. The third-order valence-electron chi connectivity index (χ3n) is 3.35. The summed E-state index contributed by atoms with van der Waals surface area (Å²) in [6, 6.07) is 7.19. The van der Waals surface area contributed by atoms with Gasteiger partial charge in [0.2, 0.25) is 0 Å².